The lowest BCUT2D eigenvalue weighted by Crippen LogP contribution is -2.44. The summed E-state index contributed by atoms with van der Waals surface area (Å²) in [5.74, 6) is 0.160. The Hall–Kier alpha value is -2.52. The zero-order chi connectivity index (χ0) is 17.8. The number of sulfonamides is 1. The Balaban J connectivity index is 1.97. The molecule has 0 spiro atoms. The van der Waals surface area contributed by atoms with Gasteiger partial charge in [0, 0.05) is 30.7 Å². The molecule has 2 heterocycles. The fraction of sp³-hybridized carbons (Fsp3) is 0.267. The van der Waals surface area contributed by atoms with E-state index in [4.69, 9.17) is 5.14 Å². The average Bonchev–Trinajstić information content (AvgIpc) is 2.53. The zero-order valence-corrected chi connectivity index (χ0v) is 14.2. The van der Waals surface area contributed by atoms with Crippen LogP contribution in [0.4, 0.5) is 5.82 Å². The summed E-state index contributed by atoms with van der Waals surface area (Å²) < 4.78 is 22.9. The van der Waals surface area contributed by atoms with Gasteiger partial charge in [-0.25, -0.2) is 18.5 Å². The van der Waals surface area contributed by atoms with E-state index in [0.717, 1.165) is 5.56 Å². The molecular weight excluding hydrogens is 330 g/mol. The molecule has 0 aliphatic carbocycles. The first kappa shape index (κ1) is 17.8. The number of nitrogens with zero attached hydrogens (tertiary/aromatic N) is 2. The quantitative estimate of drug-likeness (QED) is 0.709. The number of primary sulfonamides is 1. The molecule has 8 nitrogen and oxygen atoms in total. The van der Waals surface area contributed by atoms with Gasteiger partial charge in [0.2, 0.25) is 10.0 Å². The number of hydrogen-bond donors (Lipinski definition) is 3. The molecule has 0 aromatic carbocycles. The van der Waals surface area contributed by atoms with Gasteiger partial charge in [-0.15, -0.1) is 0 Å². The predicted molar refractivity (Wildman–Crippen MR) is 90.5 cm³/mol. The Bertz CT molecular complexity index is 805. The maximum absolute atomic E-state index is 11.9. The second-order valence-corrected chi connectivity index (χ2v) is 7.76. The van der Waals surface area contributed by atoms with Crippen LogP contribution in [0, 0.1) is 0 Å². The van der Waals surface area contributed by atoms with Crippen LogP contribution in [0.3, 0.4) is 0 Å². The first-order valence-corrected chi connectivity index (χ1v) is 8.67. The highest BCUT2D eigenvalue weighted by atomic mass is 32.2. The standard InChI is InChI=1S/C15H19N5O3S/c1-15(2,24(16,22)23)20-13-4-3-11(9-18-13)10-19-14(21)12-5-7-17-8-6-12/h3-9H,10H2,1-2H3,(H,18,20)(H,19,21)(H2,16,22,23). The van der Waals surface area contributed by atoms with Crippen molar-refractivity contribution in [2.75, 3.05) is 5.32 Å². The fourth-order valence-corrected chi connectivity index (χ4v) is 2.02. The van der Waals surface area contributed by atoms with E-state index < -0.39 is 14.9 Å². The van der Waals surface area contributed by atoms with Crippen LogP contribution < -0.4 is 15.8 Å². The van der Waals surface area contributed by atoms with Crippen LogP contribution in [-0.2, 0) is 16.6 Å². The molecule has 9 heteroatoms. The number of nitrogens with one attached hydrogen (secondary N) is 2. The van der Waals surface area contributed by atoms with E-state index in [1.807, 2.05) is 0 Å². The topological polar surface area (TPSA) is 127 Å². The first-order valence-electron chi connectivity index (χ1n) is 7.13. The van der Waals surface area contributed by atoms with Gasteiger partial charge in [-0.3, -0.25) is 9.78 Å². The van der Waals surface area contributed by atoms with Crippen LogP contribution in [0.25, 0.3) is 0 Å². The first-order chi connectivity index (χ1) is 11.2. The van der Waals surface area contributed by atoms with Crippen LogP contribution in [0.5, 0.6) is 0 Å². The van der Waals surface area contributed by atoms with Gasteiger partial charge in [-0.2, -0.15) is 0 Å². The van der Waals surface area contributed by atoms with Crippen molar-refractivity contribution in [1.82, 2.24) is 15.3 Å². The maximum atomic E-state index is 11.9. The van der Waals surface area contributed by atoms with Crippen LogP contribution in [0.1, 0.15) is 29.8 Å². The highest BCUT2D eigenvalue weighted by Gasteiger charge is 2.31. The Morgan fingerprint density at radius 2 is 1.88 bits per heavy atom. The van der Waals surface area contributed by atoms with Crippen molar-refractivity contribution in [2.24, 2.45) is 5.14 Å². The molecule has 128 valence electrons. The molecule has 24 heavy (non-hydrogen) atoms. The molecule has 0 fully saturated rings. The van der Waals surface area contributed by atoms with E-state index in [2.05, 4.69) is 20.6 Å². The summed E-state index contributed by atoms with van der Waals surface area (Å²) in [5.41, 5.74) is 1.29. The van der Waals surface area contributed by atoms with Crippen LogP contribution in [0.15, 0.2) is 42.9 Å². The van der Waals surface area contributed by atoms with Crippen molar-refractivity contribution in [3.8, 4) is 0 Å². The molecule has 2 aromatic heterocycles. The summed E-state index contributed by atoms with van der Waals surface area (Å²) in [6.45, 7) is 3.20. The second-order valence-electron chi connectivity index (χ2n) is 5.65. The molecule has 0 atom stereocenters. The summed E-state index contributed by atoms with van der Waals surface area (Å²) in [6, 6.07) is 6.61. The summed E-state index contributed by atoms with van der Waals surface area (Å²) >= 11 is 0. The average molecular weight is 349 g/mol. The number of carbonyl (C=O) groups is 1. The minimum absolute atomic E-state index is 0.213. The van der Waals surface area contributed by atoms with Gasteiger partial charge in [-0.1, -0.05) is 6.07 Å². The molecule has 0 radical (unpaired) electrons. The summed E-state index contributed by atoms with van der Waals surface area (Å²) in [5, 5.41) is 10.7. The van der Waals surface area contributed by atoms with Crippen LogP contribution in [0.2, 0.25) is 0 Å². The lowest BCUT2D eigenvalue weighted by molar-refractivity contribution is 0.0950. The molecule has 0 aliphatic heterocycles. The Morgan fingerprint density at radius 1 is 1.21 bits per heavy atom. The summed E-state index contributed by atoms with van der Waals surface area (Å²) in [6.07, 6.45) is 4.64. The van der Waals surface area contributed by atoms with Crippen molar-refractivity contribution < 1.29 is 13.2 Å². The SMILES string of the molecule is CC(C)(Nc1ccc(CNC(=O)c2ccncc2)cn1)S(N)(=O)=O. The Kier molecular flexibility index (Phi) is 5.15. The van der Waals surface area contributed by atoms with Crippen molar-refractivity contribution in [3.63, 3.8) is 0 Å². The largest absolute Gasteiger partial charge is 0.351 e. The van der Waals surface area contributed by atoms with Crippen LogP contribution in [-0.4, -0.2) is 29.2 Å². The van der Waals surface area contributed by atoms with Gasteiger partial charge in [-0.05, 0) is 37.6 Å². The molecule has 0 saturated heterocycles. The third-order valence-corrected chi connectivity index (χ3v) is 4.89. The molecule has 4 N–H and O–H groups in total. The van der Waals surface area contributed by atoms with E-state index in [-0.39, 0.29) is 5.91 Å². The lowest BCUT2D eigenvalue weighted by Gasteiger charge is -2.24. The minimum Gasteiger partial charge on any atom is -0.351 e. The molecule has 2 rings (SSSR count). The number of aromatic nitrogens is 2. The second kappa shape index (κ2) is 6.93. The van der Waals surface area contributed by atoms with Gasteiger partial charge >= 0.3 is 0 Å². The molecular formula is C15H19N5O3S. The van der Waals surface area contributed by atoms with Gasteiger partial charge < -0.3 is 10.6 Å². The van der Waals surface area contributed by atoms with Gasteiger partial charge in [0.15, 0.2) is 0 Å². The Labute approximate surface area is 140 Å². The van der Waals surface area contributed by atoms with Crippen LogP contribution >= 0.6 is 0 Å². The van der Waals surface area contributed by atoms with Crippen molar-refractivity contribution in [3.05, 3.63) is 54.0 Å². The van der Waals surface area contributed by atoms with Crippen molar-refractivity contribution in [1.29, 1.82) is 0 Å². The minimum atomic E-state index is -3.78. The highest BCUT2D eigenvalue weighted by Crippen LogP contribution is 2.16. The molecule has 1 amide bonds. The number of pyridine rings is 2. The number of amides is 1. The predicted octanol–water partition coefficient (Wildman–Crippen LogP) is 0.843. The van der Waals surface area contributed by atoms with E-state index in [0.29, 0.717) is 17.9 Å². The molecule has 0 unspecified atom stereocenters. The third kappa shape index (κ3) is 4.49. The summed E-state index contributed by atoms with van der Waals surface area (Å²) in [7, 11) is -3.78. The number of rotatable bonds is 6. The van der Waals surface area contributed by atoms with E-state index in [1.54, 1.807) is 42.9 Å². The Morgan fingerprint density at radius 3 is 2.42 bits per heavy atom. The number of carbonyl (C=O) groups excluding carboxylic acids is 1. The lowest BCUT2D eigenvalue weighted by atomic mass is 10.2. The molecule has 0 saturated carbocycles. The number of anilines is 1. The van der Waals surface area contributed by atoms with Gasteiger partial charge in [0.05, 0.1) is 0 Å². The number of hydrogen-bond acceptors (Lipinski definition) is 6. The van der Waals surface area contributed by atoms with Gasteiger partial charge in [0.1, 0.15) is 10.7 Å². The molecule has 2 aromatic rings. The molecule has 0 aliphatic rings. The van der Waals surface area contributed by atoms with E-state index in [1.165, 1.54) is 13.8 Å². The monoisotopic (exact) mass is 349 g/mol. The van der Waals surface area contributed by atoms with E-state index in [9.17, 15) is 13.2 Å². The zero-order valence-electron chi connectivity index (χ0n) is 13.4. The van der Waals surface area contributed by atoms with E-state index >= 15 is 0 Å². The number of nitrogens with two attached hydrogens (primary N) is 1. The van der Waals surface area contributed by atoms with Gasteiger partial charge in [0.25, 0.3) is 5.91 Å². The summed E-state index contributed by atoms with van der Waals surface area (Å²) in [4.78, 5) is 18.6. The maximum Gasteiger partial charge on any atom is 0.251 e. The molecule has 0 bridgehead atoms. The fourth-order valence-electron chi connectivity index (χ4n) is 1.77. The smallest absolute Gasteiger partial charge is 0.251 e. The third-order valence-electron chi connectivity index (χ3n) is 3.36. The van der Waals surface area contributed by atoms with Crippen molar-refractivity contribution >= 4 is 21.7 Å². The normalized spacial score (nSPS) is 11.8. The van der Waals surface area contributed by atoms with Crippen molar-refractivity contribution in [2.45, 2.75) is 25.3 Å². The highest BCUT2D eigenvalue weighted by molar-refractivity contribution is 7.90.